The molecule has 2 atom stereocenters. The van der Waals surface area contributed by atoms with Crippen LogP contribution in [-0.2, 0) is 0 Å². The molecule has 5 rings (SSSR count). The first-order valence-corrected chi connectivity index (χ1v) is 13.4. The number of carbonyl (C=O) groups excluding carboxylic acids is 2. The maximum atomic E-state index is 13.4. The van der Waals surface area contributed by atoms with Crippen LogP contribution in [0.25, 0.3) is 0 Å². The Bertz CT molecular complexity index is 722. The average molecular weight is 460 g/mol. The Morgan fingerprint density at radius 3 is 2.48 bits per heavy atom. The van der Waals surface area contributed by atoms with E-state index in [1.54, 1.807) is 0 Å². The van der Waals surface area contributed by atoms with Crippen LogP contribution in [0.5, 0.6) is 0 Å². The van der Waals surface area contributed by atoms with E-state index in [1.807, 2.05) is 11.8 Å². The van der Waals surface area contributed by atoms with Gasteiger partial charge in [-0.3, -0.25) is 4.90 Å². The van der Waals surface area contributed by atoms with Gasteiger partial charge in [-0.2, -0.15) is 0 Å². The van der Waals surface area contributed by atoms with Crippen LogP contribution in [0.1, 0.15) is 65.7 Å². The first-order valence-electron chi connectivity index (χ1n) is 13.4. The number of fused-ring (bicyclic) bond motifs is 1. The van der Waals surface area contributed by atoms with Gasteiger partial charge in [0.05, 0.1) is 0 Å². The fraction of sp³-hybridized carbons (Fsp3) is 0.846. The Hall–Kier alpha value is -1.76. The standard InChI is InChI=1S/C26H45N5O2/c1-4-27-24(32)30-15-12-29(13-16-30)14-17-31(25(33)28-22-8-6-5-7-9-22)19-20-10-11-21-18-23(20)26(21,2)3/h10,21-23H,4-9,11-19H2,1-3H3,(H,27,32)(H,28,33). The highest BCUT2D eigenvalue weighted by atomic mass is 16.2. The summed E-state index contributed by atoms with van der Waals surface area (Å²) >= 11 is 0. The molecular weight excluding hydrogens is 414 g/mol. The maximum Gasteiger partial charge on any atom is 0.317 e. The molecule has 1 aliphatic heterocycles. The second-order valence-corrected chi connectivity index (χ2v) is 11.2. The molecule has 0 spiro atoms. The van der Waals surface area contributed by atoms with Crippen LogP contribution in [0.15, 0.2) is 11.6 Å². The van der Waals surface area contributed by atoms with E-state index in [9.17, 15) is 9.59 Å². The van der Waals surface area contributed by atoms with E-state index in [0.717, 1.165) is 64.6 Å². The summed E-state index contributed by atoms with van der Waals surface area (Å²) in [6.07, 6.45) is 10.9. The van der Waals surface area contributed by atoms with E-state index in [-0.39, 0.29) is 12.1 Å². The molecule has 4 amide bonds. The average Bonchev–Trinajstić information content (AvgIpc) is 2.82. The van der Waals surface area contributed by atoms with Crippen molar-refractivity contribution >= 4 is 12.1 Å². The molecule has 33 heavy (non-hydrogen) atoms. The fourth-order valence-electron chi connectivity index (χ4n) is 6.34. The summed E-state index contributed by atoms with van der Waals surface area (Å²) in [6.45, 7) is 13.0. The lowest BCUT2D eigenvalue weighted by atomic mass is 9.49. The summed E-state index contributed by atoms with van der Waals surface area (Å²) in [5, 5.41) is 6.26. The van der Waals surface area contributed by atoms with Crippen molar-refractivity contribution in [2.75, 3.05) is 52.4 Å². The van der Waals surface area contributed by atoms with Gasteiger partial charge in [-0.05, 0) is 49.9 Å². The Balaban J connectivity index is 1.33. The minimum atomic E-state index is 0.0382. The van der Waals surface area contributed by atoms with Crippen molar-refractivity contribution in [2.45, 2.75) is 71.8 Å². The minimum Gasteiger partial charge on any atom is -0.338 e. The molecule has 2 N–H and O–H groups in total. The topological polar surface area (TPSA) is 67.9 Å². The Labute approximate surface area is 200 Å². The van der Waals surface area contributed by atoms with Crippen molar-refractivity contribution in [1.82, 2.24) is 25.3 Å². The molecule has 1 saturated heterocycles. The Morgan fingerprint density at radius 1 is 1.12 bits per heavy atom. The quantitative estimate of drug-likeness (QED) is 0.571. The monoisotopic (exact) mass is 459 g/mol. The molecule has 5 aliphatic rings. The Morgan fingerprint density at radius 2 is 1.85 bits per heavy atom. The van der Waals surface area contributed by atoms with Crippen molar-refractivity contribution in [3.63, 3.8) is 0 Å². The highest BCUT2D eigenvalue weighted by Crippen LogP contribution is 2.59. The molecular formula is C26H45N5O2. The van der Waals surface area contributed by atoms with Crippen LogP contribution in [-0.4, -0.2) is 85.2 Å². The number of hydrogen-bond donors (Lipinski definition) is 2. The van der Waals surface area contributed by atoms with Gasteiger partial charge in [-0.25, -0.2) is 9.59 Å². The predicted octanol–water partition coefficient (Wildman–Crippen LogP) is 3.67. The van der Waals surface area contributed by atoms with Crippen molar-refractivity contribution in [3.05, 3.63) is 11.6 Å². The number of carbonyl (C=O) groups is 2. The largest absolute Gasteiger partial charge is 0.338 e. The second kappa shape index (κ2) is 10.7. The lowest BCUT2D eigenvalue weighted by molar-refractivity contribution is -0.00987. The molecule has 0 radical (unpaired) electrons. The summed E-state index contributed by atoms with van der Waals surface area (Å²) in [5.41, 5.74) is 1.85. The molecule has 186 valence electrons. The number of allylic oxidation sites excluding steroid dienone is 1. The van der Waals surface area contributed by atoms with Gasteiger partial charge in [0.15, 0.2) is 0 Å². The van der Waals surface area contributed by atoms with Gasteiger partial charge in [-0.1, -0.05) is 44.8 Å². The Kier molecular flexibility index (Phi) is 7.87. The van der Waals surface area contributed by atoms with Gasteiger partial charge in [0.2, 0.25) is 0 Å². The summed E-state index contributed by atoms with van der Waals surface area (Å²) in [4.78, 5) is 31.8. The maximum absolute atomic E-state index is 13.4. The van der Waals surface area contributed by atoms with Gasteiger partial charge in [0, 0.05) is 58.4 Å². The first kappa shape index (κ1) is 24.4. The number of nitrogens with zero attached hydrogens (tertiary/aromatic N) is 3. The van der Waals surface area contributed by atoms with E-state index in [0.29, 0.717) is 23.9 Å². The molecule has 7 nitrogen and oxygen atoms in total. The number of hydrogen-bond acceptors (Lipinski definition) is 3. The van der Waals surface area contributed by atoms with E-state index in [1.165, 1.54) is 37.7 Å². The minimum absolute atomic E-state index is 0.0382. The van der Waals surface area contributed by atoms with Gasteiger partial charge in [0.1, 0.15) is 0 Å². The normalized spacial score (nSPS) is 27.4. The van der Waals surface area contributed by atoms with Gasteiger partial charge in [-0.15, -0.1) is 0 Å². The highest BCUT2D eigenvalue weighted by Gasteiger charge is 2.51. The van der Waals surface area contributed by atoms with Crippen molar-refractivity contribution < 1.29 is 9.59 Å². The molecule has 7 heteroatoms. The number of urea groups is 2. The van der Waals surface area contributed by atoms with E-state index >= 15 is 0 Å². The number of piperazine rings is 1. The molecule has 0 aromatic carbocycles. The zero-order valence-corrected chi connectivity index (χ0v) is 21.1. The molecule has 2 saturated carbocycles. The van der Waals surface area contributed by atoms with Crippen LogP contribution < -0.4 is 10.6 Å². The zero-order chi connectivity index (χ0) is 23.4. The molecule has 4 aliphatic carbocycles. The zero-order valence-electron chi connectivity index (χ0n) is 21.1. The fourth-order valence-corrected chi connectivity index (χ4v) is 6.34. The summed E-state index contributed by atoms with van der Waals surface area (Å²) in [7, 11) is 0. The smallest absolute Gasteiger partial charge is 0.317 e. The lowest BCUT2D eigenvalue weighted by Crippen LogP contribution is -2.55. The third-order valence-electron chi connectivity index (χ3n) is 8.85. The third-order valence-corrected chi connectivity index (χ3v) is 8.85. The number of nitrogens with one attached hydrogen (secondary N) is 2. The molecule has 3 fully saturated rings. The second-order valence-electron chi connectivity index (χ2n) is 11.2. The van der Waals surface area contributed by atoms with Crippen LogP contribution in [0.3, 0.4) is 0 Å². The molecule has 0 aromatic heterocycles. The van der Waals surface area contributed by atoms with Crippen molar-refractivity contribution in [1.29, 1.82) is 0 Å². The van der Waals surface area contributed by atoms with Gasteiger partial charge >= 0.3 is 12.1 Å². The summed E-state index contributed by atoms with van der Waals surface area (Å²) < 4.78 is 0. The highest BCUT2D eigenvalue weighted by molar-refractivity contribution is 5.75. The van der Waals surface area contributed by atoms with E-state index in [4.69, 9.17) is 0 Å². The van der Waals surface area contributed by atoms with Crippen LogP contribution >= 0.6 is 0 Å². The summed E-state index contributed by atoms with van der Waals surface area (Å²) in [5.74, 6) is 1.44. The van der Waals surface area contributed by atoms with E-state index in [2.05, 4.69) is 40.4 Å². The van der Waals surface area contributed by atoms with Crippen LogP contribution in [0, 0.1) is 17.3 Å². The third kappa shape index (κ3) is 5.67. The number of rotatable bonds is 7. The van der Waals surface area contributed by atoms with Gasteiger partial charge < -0.3 is 20.4 Å². The van der Waals surface area contributed by atoms with Gasteiger partial charge in [0.25, 0.3) is 0 Å². The van der Waals surface area contributed by atoms with Crippen LogP contribution in [0.4, 0.5) is 9.59 Å². The molecule has 2 unspecified atom stereocenters. The number of amides is 4. The van der Waals surface area contributed by atoms with Crippen molar-refractivity contribution in [2.24, 2.45) is 17.3 Å². The van der Waals surface area contributed by atoms with Crippen LogP contribution in [0.2, 0.25) is 0 Å². The summed E-state index contributed by atoms with van der Waals surface area (Å²) in [6, 6.07) is 0.485. The molecule has 1 heterocycles. The molecule has 2 bridgehead atoms. The lowest BCUT2D eigenvalue weighted by Gasteiger charge is -2.57. The van der Waals surface area contributed by atoms with E-state index < -0.39 is 0 Å². The predicted molar refractivity (Wildman–Crippen MR) is 132 cm³/mol. The first-order chi connectivity index (χ1) is 15.9. The SMILES string of the molecule is CCNC(=O)N1CCN(CCN(CC2=CCC3CC2C3(C)C)C(=O)NC2CCCCC2)CC1. The van der Waals surface area contributed by atoms with Crippen molar-refractivity contribution in [3.8, 4) is 0 Å². The molecule has 0 aromatic rings.